The van der Waals surface area contributed by atoms with Gasteiger partial charge in [-0.25, -0.2) is 9.59 Å². The van der Waals surface area contributed by atoms with E-state index in [1.54, 1.807) is 37.4 Å². The Hall–Kier alpha value is -3.52. The number of hydrogen-bond donors (Lipinski definition) is 1. The molecule has 0 aromatic heterocycles. The summed E-state index contributed by atoms with van der Waals surface area (Å²) in [5, 5.41) is 2.79. The lowest BCUT2D eigenvalue weighted by molar-refractivity contribution is -0.151. The van der Waals surface area contributed by atoms with Gasteiger partial charge in [-0.1, -0.05) is 73.2 Å². The third-order valence-corrected chi connectivity index (χ3v) is 8.70. The molecule has 2 aromatic rings. The number of esters is 1. The van der Waals surface area contributed by atoms with Crippen LogP contribution >= 0.6 is 11.8 Å². The number of unbranched alkanes of at least 4 members (excludes halogenated alkanes) is 2. The summed E-state index contributed by atoms with van der Waals surface area (Å²) in [5.74, 6) is -0.165. The molecule has 0 aliphatic carbocycles. The van der Waals surface area contributed by atoms with Gasteiger partial charge in [-0.3, -0.25) is 4.79 Å². The molecule has 2 aromatic carbocycles. The monoisotopic (exact) mass is 592 g/mol. The molecular formula is C34H44N2O5S. The van der Waals surface area contributed by atoms with Gasteiger partial charge in [0.05, 0.1) is 11.9 Å². The van der Waals surface area contributed by atoms with Crippen molar-refractivity contribution in [3.8, 4) is 11.1 Å². The fraction of sp³-hybridized carbons (Fsp3) is 0.441. The van der Waals surface area contributed by atoms with E-state index < -0.39 is 34.5 Å². The standard InChI is InChI=1S/C34H44N2O5S/c1-7-9-10-14-17-28(35-32(39)41-33(3,4)5)30(37)36-24-34(42-22-8-2,23-29(36)31(38)40-6)27-20-18-26(19-21-27)25-15-12-11-13-16-25/h7-8,11-13,15-16,18-21,28-29H,1-2,9-10,14,17,22-24H2,3-6H3,(H,35,39)/t28-,29?,34?/m0/s1. The highest BCUT2D eigenvalue weighted by Gasteiger charge is 2.51. The molecule has 7 nitrogen and oxygen atoms in total. The van der Waals surface area contributed by atoms with E-state index in [9.17, 15) is 14.4 Å². The van der Waals surface area contributed by atoms with E-state index in [-0.39, 0.29) is 12.5 Å². The first kappa shape index (κ1) is 33.0. The van der Waals surface area contributed by atoms with Crippen LogP contribution in [0.25, 0.3) is 11.1 Å². The van der Waals surface area contributed by atoms with Crippen molar-refractivity contribution in [2.24, 2.45) is 0 Å². The number of benzene rings is 2. The van der Waals surface area contributed by atoms with E-state index in [0.717, 1.165) is 29.5 Å². The van der Waals surface area contributed by atoms with Crippen molar-refractivity contribution in [3.63, 3.8) is 0 Å². The predicted octanol–water partition coefficient (Wildman–Crippen LogP) is 6.88. The second-order valence-electron chi connectivity index (χ2n) is 11.5. The van der Waals surface area contributed by atoms with Gasteiger partial charge in [0.1, 0.15) is 17.7 Å². The number of carbonyl (C=O) groups excluding carboxylic acids is 3. The van der Waals surface area contributed by atoms with Crippen molar-refractivity contribution >= 4 is 29.7 Å². The molecule has 3 atom stereocenters. The summed E-state index contributed by atoms with van der Waals surface area (Å²) < 4.78 is 10.1. The molecule has 1 heterocycles. The lowest BCUT2D eigenvalue weighted by atomic mass is 9.93. The van der Waals surface area contributed by atoms with Gasteiger partial charge in [0, 0.05) is 12.3 Å². The molecule has 0 bridgehead atoms. The molecule has 3 rings (SSSR count). The average Bonchev–Trinajstić information content (AvgIpc) is 3.37. The first-order valence-corrected chi connectivity index (χ1v) is 15.4. The second-order valence-corrected chi connectivity index (χ2v) is 12.9. The summed E-state index contributed by atoms with van der Waals surface area (Å²) in [4.78, 5) is 41.6. The van der Waals surface area contributed by atoms with Crippen LogP contribution in [0.15, 0.2) is 79.9 Å². The molecule has 0 spiro atoms. The molecule has 2 unspecified atom stereocenters. The smallest absolute Gasteiger partial charge is 0.408 e. The van der Waals surface area contributed by atoms with Gasteiger partial charge in [0.2, 0.25) is 5.91 Å². The summed E-state index contributed by atoms with van der Waals surface area (Å²) in [6.07, 6.45) is 6.13. The minimum absolute atomic E-state index is 0.286. The number of rotatable bonds is 13. The van der Waals surface area contributed by atoms with Crippen LogP contribution in [0.2, 0.25) is 0 Å². The van der Waals surface area contributed by atoms with E-state index in [1.165, 1.54) is 7.11 Å². The molecule has 1 N–H and O–H groups in total. The highest BCUT2D eigenvalue weighted by Crippen LogP contribution is 2.48. The normalized spacial score (nSPS) is 19.0. The Morgan fingerprint density at radius 1 is 1.05 bits per heavy atom. The van der Waals surface area contributed by atoms with Crippen LogP contribution in [-0.4, -0.2) is 60.0 Å². The number of amides is 2. The van der Waals surface area contributed by atoms with Crippen molar-refractivity contribution in [3.05, 3.63) is 85.5 Å². The largest absolute Gasteiger partial charge is 0.467 e. The number of carbonyl (C=O) groups is 3. The van der Waals surface area contributed by atoms with Crippen molar-refractivity contribution in [2.75, 3.05) is 19.4 Å². The molecule has 1 aliphatic heterocycles. The molecule has 0 radical (unpaired) electrons. The van der Waals surface area contributed by atoms with E-state index in [0.29, 0.717) is 25.0 Å². The lowest BCUT2D eigenvalue weighted by Crippen LogP contribution is -2.52. The number of allylic oxidation sites excluding steroid dienone is 1. The van der Waals surface area contributed by atoms with Crippen LogP contribution in [-0.2, 0) is 23.8 Å². The first-order chi connectivity index (χ1) is 20.0. The van der Waals surface area contributed by atoms with Crippen LogP contribution in [0, 0.1) is 0 Å². The number of thioether (sulfide) groups is 1. The molecule has 226 valence electrons. The zero-order chi connectivity index (χ0) is 30.8. The number of likely N-dealkylation sites (tertiary alicyclic amines) is 1. The van der Waals surface area contributed by atoms with Crippen LogP contribution in [0.5, 0.6) is 0 Å². The van der Waals surface area contributed by atoms with Crippen LogP contribution in [0.4, 0.5) is 4.79 Å². The Kier molecular flexibility index (Phi) is 11.9. The van der Waals surface area contributed by atoms with Gasteiger partial charge in [0.25, 0.3) is 0 Å². The maximum atomic E-state index is 14.2. The summed E-state index contributed by atoms with van der Waals surface area (Å²) in [5.41, 5.74) is 2.49. The zero-order valence-corrected chi connectivity index (χ0v) is 26.1. The molecule has 42 heavy (non-hydrogen) atoms. The summed E-state index contributed by atoms with van der Waals surface area (Å²) in [6, 6.07) is 16.8. The van der Waals surface area contributed by atoms with E-state index in [4.69, 9.17) is 9.47 Å². The van der Waals surface area contributed by atoms with Gasteiger partial charge >= 0.3 is 12.1 Å². The van der Waals surface area contributed by atoms with Crippen LogP contribution < -0.4 is 5.32 Å². The Morgan fingerprint density at radius 2 is 1.71 bits per heavy atom. The topological polar surface area (TPSA) is 84.9 Å². The molecular weight excluding hydrogens is 548 g/mol. The van der Waals surface area contributed by atoms with E-state index in [1.807, 2.05) is 30.4 Å². The summed E-state index contributed by atoms with van der Waals surface area (Å²) in [6.45, 7) is 13.3. The Bertz CT molecular complexity index is 1220. The summed E-state index contributed by atoms with van der Waals surface area (Å²) >= 11 is 1.65. The maximum absolute atomic E-state index is 14.2. The lowest BCUT2D eigenvalue weighted by Gasteiger charge is -2.31. The molecule has 1 aliphatic rings. The third-order valence-electron chi connectivity index (χ3n) is 7.22. The first-order valence-electron chi connectivity index (χ1n) is 14.4. The fourth-order valence-corrected chi connectivity index (χ4v) is 6.45. The molecule has 1 fully saturated rings. The molecule has 8 heteroatoms. The third kappa shape index (κ3) is 8.74. The van der Waals surface area contributed by atoms with E-state index >= 15 is 0 Å². The highest BCUT2D eigenvalue weighted by molar-refractivity contribution is 8.00. The van der Waals surface area contributed by atoms with Gasteiger partial charge in [-0.2, -0.15) is 0 Å². The zero-order valence-electron chi connectivity index (χ0n) is 25.3. The number of hydrogen-bond acceptors (Lipinski definition) is 6. The van der Waals surface area contributed by atoms with Crippen molar-refractivity contribution in [1.82, 2.24) is 10.2 Å². The predicted molar refractivity (Wildman–Crippen MR) is 170 cm³/mol. The Balaban J connectivity index is 1.95. The van der Waals surface area contributed by atoms with Crippen molar-refractivity contribution in [2.45, 2.75) is 75.3 Å². The SMILES string of the molecule is C=CCCCC[C@H](NC(=O)OC(C)(C)C)C(=O)N1CC(SCC=C)(c2ccc(-c3ccccc3)cc2)CC1C(=O)OC. The molecule has 1 saturated heterocycles. The number of alkyl carbamates (subject to hydrolysis) is 1. The minimum atomic E-state index is -0.850. The summed E-state index contributed by atoms with van der Waals surface area (Å²) in [7, 11) is 1.34. The maximum Gasteiger partial charge on any atom is 0.408 e. The van der Waals surface area contributed by atoms with E-state index in [2.05, 4.69) is 54.9 Å². The molecule has 0 saturated carbocycles. The molecule has 2 amide bonds. The van der Waals surface area contributed by atoms with Crippen LogP contribution in [0.1, 0.15) is 58.4 Å². The minimum Gasteiger partial charge on any atom is -0.467 e. The number of nitrogens with one attached hydrogen (secondary N) is 1. The van der Waals surface area contributed by atoms with Crippen molar-refractivity contribution < 1.29 is 23.9 Å². The van der Waals surface area contributed by atoms with Gasteiger partial charge in [-0.15, -0.1) is 24.9 Å². The van der Waals surface area contributed by atoms with Gasteiger partial charge < -0.3 is 19.7 Å². The number of methoxy groups -OCH3 is 1. The quantitative estimate of drug-likeness (QED) is 0.155. The van der Waals surface area contributed by atoms with Crippen LogP contribution in [0.3, 0.4) is 0 Å². The Morgan fingerprint density at radius 3 is 2.31 bits per heavy atom. The van der Waals surface area contributed by atoms with Crippen molar-refractivity contribution in [1.29, 1.82) is 0 Å². The highest BCUT2D eigenvalue weighted by atomic mass is 32.2. The average molecular weight is 593 g/mol. The second kappa shape index (κ2) is 15.1. The van der Waals surface area contributed by atoms with Gasteiger partial charge in [-0.05, 0) is 63.1 Å². The number of nitrogens with zero attached hydrogens (tertiary/aromatic N) is 1. The Labute approximate surface area is 254 Å². The fourth-order valence-electron chi connectivity index (χ4n) is 5.21. The number of ether oxygens (including phenoxy) is 2. The van der Waals surface area contributed by atoms with Gasteiger partial charge in [0.15, 0.2) is 0 Å².